The van der Waals surface area contributed by atoms with Gasteiger partial charge in [0.15, 0.2) is 0 Å². The second-order valence-electron chi connectivity index (χ2n) is 6.25. The maximum absolute atomic E-state index is 12.6. The van der Waals surface area contributed by atoms with E-state index in [4.69, 9.17) is 20.0 Å². The van der Waals surface area contributed by atoms with Crippen molar-refractivity contribution in [1.29, 1.82) is 5.26 Å². The van der Waals surface area contributed by atoms with Gasteiger partial charge in [0.05, 0.1) is 18.2 Å². The van der Waals surface area contributed by atoms with E-state index in [-0.39, 0.29) is 17.9 Å². The Balaban J connectivity index is 0.000000345. The van der Waals surface area contributed by atoms with Crippen LogP contribution >= 0.6 is 0 Å². The third-order valence-corrected chi connectivity index (χ3v) is 4.33. The molecule has 28 heavy (non-hydrogen) atoms. The molecule has 0 bridgehead atoms. The number of hydrogen-bond donors (Lipinski definition) is 2. The lowest BCUT2D eigenvalue weighted by Crippen LogP contribution is -2.40. The molecule has 0 saturated carbocycles. The van der Waals surface area contributed by atoms with Crippen LogP contribution in [0.3, 0.4) is 0 Å². The second kappa shape index (κ2) is 9.48. The minimum Gasteiger partial charge on any atom is -0.475 e. The van der Waals surface area contributed by atoms with Gasteiger partial charge >= 0.3 is 12.1 Å². The van der Waals surface area contributed by atoms with Crippen LogP contribution in [0.4, 0.5) is 13.2 Å². The van der Waals surface area contributed by atoms with Gasteiger partial charge in [-0.2, -0.15) is 18.4 Å². The summed E-state index contributed by atoms with van der Waals surface area (Å²) in [5.41, 5.74) is 1.38. The Labute approximate surface area is 158 Å². The molecule has 2 saturated heterocycles. The first kappa shape index (κ1) is 21.6. The fraction of sp³-hybridized carbons (Fsp3) is 0.529. The van der Waals surface area contributed by atoms with Crippen molar-refractivity contribution in [1.82, 2.24) is 15.4 Å². The summed E-state index contributed by atoms with van der Waals surface area (Å²) < 4.78 is 31.7. The number of halogens is 3. The molecule has 1 amide bonds. The van der Waals surface area contributed by atoms with E-state index >= 15 is 0 Å². The van der Waals surface area contributed by atoms with Gasteiger partial charge in [-0.15, -0.1) is 0 Å². The highest BCUT2D eigenvalue weighted by Crippen LogP contribution is 2.32. The minimum absolute atomic E-state index is 0.0268. The molecule has 2 aliphatic rings. The molecule has 8 nitrogen and oxygen atoms in total. The third-order valence-electron chi connectivity index (χ3n) is 4.33. The van der Waals surface area contributed by atoms with Crippen LogP contribution < -0.4 is 5.32 Å². The van der Waals surface area contributed by atoms with Gasteiger partial charge in [0.2, 0.25) is 5.91 Å². The number of carbonyl (C=O) groups is 2. The molecule has 2 N–H and O–H groups in total. The van der Waals surface area contributed by atoms with E-state index in [0.717, 1.165) is 37.9 Å². The van der Waals surface area contributed by atoms with Gasteiger partial charge in [-0.05, 0) is 37.6 Å². The number of alkyl halides is 3. The van der Waals surface area contributed by atoms with E-state index in [1.54, 1.807) is 12.3 Å². The predicted octanol–water partition coefficient (Wildman–Crippen LogP) is 1.79. The first-order valence-electron chi connectivity index (χ1n) is 8.56. The smallest absolute Gasteiger partial charge is 0.475 e. The Hall–Kier alpha value is -2.71. The van der Waals surface area contributed by atoms with E-state index < -0.39 is 12.1 Å². The van der Waals surface area contributed by atoms with Crippen molar-refractivity contribution in [3.8, 4) is 6.07 Å². The summed E-state index contributed by atoms with van der Waals surface area (Å²) in [7, 11) is 0. The van der Waals surface area contributed by atoms with Crippen molar-refractivity contribution in [2.45, 2.75) is 31.5 Å². The monoisotopic (exact) mass is 400 g/mol. The molecule has 2 fully saturated rings. The Morgan fingerprint density at radius 2 is 1.93 bits per heavy atom. The fourth-order valence-electron chi connectivity index (χ4n) is 2.94. The molecule has 2 aliphatic heterocycles. The number of amides is 1. The summed E-state index contributed by atoms with van der Waals surface area (Å²) in [6, 6.07) is 3.74. The summed E-state index contributed by atoms with van der Waals surface area (Å²) in [6.07, 6.45) is 0.595. The van der Waals surface area contributed by atoms with Crippen molar-refractivity contribution in [3.63, 3.8) is 0 Å². The average Bonchev–Trinajstić information content (AvgIpc) is 3.17. The number of piperidine rings is 1. The van der Waals surface area contributed by atoms with Crippen LogP contribution in [0, 0.1) is 17.2 Å². The summed E-state index contributed by atoms with van der Waals surface area (Å²) in [4.78, 5) is 31.2. The van der Waals surface area contributed by atoms with Crippen LogP contribution in [0.15, 0.2) is 18.5 Å². The SMILES string of the molecule is N#Cc1cncc([C@@H]2CCON2C(=O)C2CCNCC2)c1.O=C(O)C(F)(F)F. The molecular weight excluding hydrogens is 381 g/mol. The largest absolute Gasteiger partial charge is 0.490 e. The molecule has 3 heterocycles. The first-order chi connectivity index (χ1) is 13.2. The summed E-state index contributed by atoms with van der Waals surface area (Å²) >= 11 is 0. The van der Waals surface area contributed by atoms with Gasteiger partial charge < -0.3 is 10.4 Å². The van der Waals surface area contributed by atoms with Gasteiger partial charge in [-0.3, -0.25) is 14.6 Å². The number of nitrogens with zero attached hydrogens (tertiary/aromatic N) is 3. The average molecular weight is 400 g/mol. The molecule has 0 radical (unpaired) electrons. The quantitative estimate of drug-likeness (QED) is 0.778. The van der Waals surface area contributed by atoms with Crippen LogP contribution in [0.1, 0.15) is 36.4 Å². The zero-order valence-corrected chi connectivity index (χ0v) is 14.8. The Morgan fingerprint density at radius 3 is 2.50 bits per heavy atom. The number of rotatable bonds is 2. The molecular formula is C17H19F3N4O4. The van der Waals surface area contributed by atoms with Gasteiger partial charge in [0.1, 0.15) is 6.07 Å². The number of hydroxylamine groups is 2. The lowest BCUT2D eigenvalue weighted by molar-refractivity contribution is -0.192. The number of aliphatic carboxylic acids is 1. The number of hydrogen-bond acceptors (Lipinski definition) is 6. The standard InChI is InChI=1S/C15H18N4O2.C2HF3O2/c16-8-11-7-13(10-18-9-11)14-3-6-21-19(14)15(20)12-1-4-17-5-2-12;3-2(4,5)1(6)7/h7,9-10,12,14,17H,1-6H2;(H,6,7)/t14-;/m0./s1. The molecule has 152 valence electrons. The lowest BCUT2D eigenvalue weighted by Gasteiger charge is -2.29. The topological polar surface area (TPSA) is 116 Å². The maximum Gasteiger partial charge on any atom is 0.490 e. The van der Waals surface area contributed by atoms with E-state index in [1.165, 1.54) is 11.3 Å². The van der Waals surface area contributed by atoms with Gasteiger partial charge in [-0.25, -0.2) is 9.86 Å². The minimum atomic E-state index is -5.08. The zero-order valence-electron chi connectivity index (χ0n) is 14.8. The van der Waals surface area contributed by atoms with Gasteiger partial charge in [-0.1, -0.05) is 0 Å². The summed E-state index contributed by atoms with van der Waals surface area (Å²) in [5, 5.41) is 20.9. The van der Waals surface area contributed by atoms with Crippen LogP contribution in [0.25, 0.3) is 0 Å². The van der Waals surface area contributed by atoms with Crippen molar-refractivity contribution >= 4 is 11.9 Å². The van der Waals surface area contributed by atoms with Crippen LogP contribution in [-0.2, 0) is 14.4 Å². The Kier molecular flexibility index (Phi) is 7.31. The summed E-state index contributed by atoms with van der Waals surface area (Å²) in [6.45, 7) is 2.28. The third kappa shape index (κ3) is 5.64. The number of nitrogens with one attached hydrogen (secondary N) is 1. The zero-order chi connectivity index (χ0) is 20.7. The highest BCUT2D eigenvalue weighted by atomic mass is 19.4. The number of nitriles is 1. The molecule has 3 rings (SSSR count). The lowest BCUT2D eigenvalue weighted by atomic mass is 9.96. The Bertz CT molecular complexity index is 745. The van der Waals surface area contributed by atoms with Crippen molar-refractivity contribution in [2.24, 2.45) is 5.92 Å². The van der Waals surface area contributed by atoms with Crippen LogP contribution in [0.5, 0.6) is 0 Å². The van der Waals surface area contributed by atoms with Crippen LogP contribution in [-0.4, -0.2) is 52.9 Å². The Morgan fingerprint density at radius 1 is 1.29 bits per heavy atom. The number of carboxylic acid groups (broad SMARTS) is 1. The molecule has 0 unspecified atom stereocenters. The van der Waals surface area contributed by atoms with Gasteiger partial charge in [0, 0.05) is 24.7 Å². The van der Waals surface area contributed by atoms with Crippen LogP contribution in [0.2, 0.25) is 0 Å². The molecule has 0 spiro atoms. The molecule has 0 aliphatic carbocycles. The molecule has 0 aromatic carbocycles. The fourth-order valence-corrected chi connectivity index (χ4v) is 2.94. The first-order valence-corrected chi connectivity index (χ1v) is 8.56. The number of carboxylic acids is 1. The normalized spacial score (nSPS) is 20.1. The molecule has 1 aromatic rings. The predicted molar refractivity (Wildman–Crippen MR) is 88.4 cm³/mol. The van der Waals surface area contributed by atoms with Crippen molar-refractivity contribution in [2.75, 3.05) is 19.7 Å². The maximum atomic E-state index is 12.6. The summed E-state index contributed by atoms with van der Waals surface area (Å²) in [5.74, 6) is -2.67. The number of pyridine rings is 1. The molecule has 1 atom stereocenters. The molecule has 11 heteroatoms. The number of carbonyl (C=O) groups excluding carboxylic acids is 1. The van der Waals surface area contributed by atoms with Gasteiger partial charge in [0.25, 0.3) is 0 Å². The number of aromatic nitrogens is 1. The second-order valence-corrected chi connectivity index (χ2v) is 6.25. The highest BCUT2D eigenvalue weighted by Gasteiger charge is 2.38. The van der Waals surface area contributed by atoms with Crippen molar-refractivity contribution < 1.29 is 32.7 Å². The highest BCUT2D eigenvalue weighted by molar-refractivity contribution is 5.78. The molecule has 1 aromatic heterocycles. The van der Waals surface area contributed by atoms with Crippen molar-refractivity contribution in [3.05, 3.63) is 29.6 Å². The van der Waals surface area contributed by atoms with E-state index in [1.807, 2.05) is 0 Å². The van der Waals surface area contributed by atoms with E-state index in [2.05, 4.69) is 16.4 Å². The van der Waals surface area contributed by atoms with E-state index in [9.17, 15) is 18.0 Å². The van der Waals surface area contributed by atoms with E-state index in [0.29, 0.717) is 12.2 Å².